The second-order valence-electron chi connectivity index (χ2n) is 3.80. The third kappa shape index (κ3) is 1.52. The maximum atomic E-state index is 11.1. The summed E-state index contributed by atoms with van der Waals surface area (Å²) in [6.07, 6.45) is 2.55. The van der Waals surface area contributed by atoms with Crippen LogP contribution in [-0.4, -0.2) is 16.3 Å². The number of aromatic amines is 1. The van der Waals surface area contributed by atoms with Gasteiger partial charge in [-0.25, -0.2) is 4.98 Å². The molecular weight excluding hydrogens is 212 g/mol. The highest BCUT2D eigenvalue weighted by atomic mass is 16.1. The Bertz CT molecular complexity index is 671. The van der Waals surface area contributed by atoms with Gasteiger partial charge in [0.2, 0.25) is 0 Å². The molecule has 3 nitrogen and oxygen atoms in total. The van der Waals surface area contributed by atoms with Gasteiger partial charge < -0.3 is 4.98 Å². The average Bonchev–Trinajstić information content (AvgIpc) is 2.78. The Kier molecular flexibility index (Phi) is 2.22. The van der Waals surface area contributed by atoms with Crippen LogP contribution < -0.4 is 0 Å². The first-order valence-electron chi connectivity index (χ1n) is 5.37. The van der Waals surface area contributed by atoms with Crippen LogP contribution >= 0.6 is 0 Å². The highest BCUT2D eigenvalue weighted by Gasteiger charge is 2.12. The molecule has 2 aromatic heterocycles. The predicted octanol–water partition coefficient (Wildman–Crippen LogP) is 3.04. The van der Waals surface area contributed by atoms with Gasteiger partial charge in [-0.3, -0.25) is 4.79 Å². The number of hydrogen-bond acceptors (Lipinski definition) is 2. The Labute approximate surface area is 98.1 Å². The van der Waals surface area contributed by atoms with Crippen LogP contribution in [0.3, 0.4) is 0 Å². The molecule has 17 heavy (non-hydrogen) atoms. The molecule has 1 N–H and O–H groups in total. The molecule has 0 aliphatic carbocycles. The lowest BCUT2D eigenvalue weighted by Crippen LogP contribution is -1.83. The van der Waals surface area contributed by atoms with Crippen molar-refractivity contribution in [1.29, 1.82) is 0 Å². The van der Waals surface area contributed by atoms with E-state index in [1.165, 1.54) is 0 Å². The quantitative estimate of drug-likeness (QED) is 0.677. The van der Waals surface area contributed by atoms with Crippen molar-refractivity contribution in [3.8, 4) is 11.1 Å². The Morgan fingerprint density at radius 2 is 1.88 bits per heavy atom. The summed E-state index contributed by atoms with van der Waals surface area (Å²) in [5.74, 6) is 0. The van der Waals surface area contributed by atoms with Gasteiger partial charge in [0.15, 0.2) is 6.29 Å². The van der Waals surface area contributed by atoms with E-state index in [9.17, 15) is 4.79 Å². The zero-order valence-corrected chi connectivity index (χ0v) is 9.05. The first kappa shape index (κ1) is 9.78. The lowest BCUT2D eigenvalue weighted by atomic mass is 10.0. The molecule has 0 fully saturated rings. The molecule has 0 radical (unpaired) electrons. The van der Waals surface area contributed by atoms with Gasteiger partial charge in [-0.2, -0.15) is 0 Å². The molecule has 3 heteroatoms. The molecule has 3 aromatic rings. The Morgan fingerprint density at radius 3 is 2.65 bits per heavy atom. The minimum absolute atomic E-state index is 0.574. The summed E-state index contributed by atoms with van der Waals surface area (Å²) in [7, 11) is 0. The van der Waals surface area contributed by atoms with E-state index in [-0.39, 0.29) is 0 Å². The molecule has 3 rings (SSSR count). The van der Waals surface area contributed by atoms with Crippen LogP contribution in [0.5, 0.6) is 0 Å². The van der Waals surface area contributed by atoms with Crippen molar-refractivity contribution in [1.82, 2.24) is 9.97 Å². The predicted molar refractivity (Wildman–Crippen MR) is 66.9 cm³/mol. The van der Waals surface area contributed by atoms with Gasteiger partial charge in [0.05, 0.1) is 5.69 Å². The van der Waals surface area contributed by atoms with Crippen LogP contribution in [0.15, 0.2) is 48.7 Å². The summed E-state index contributed by atoms with van der Waals surface area (Å²) in [5, 5.41) is 0.973. The minimum atomic E-state index is 0.574. The molecule has 0 aliphatic heterocycles. The summed E-state index contributed by atoms with van der Waals surface area (Å²) in [6, 6.07) is 13.7. The van der Waals surface area contributed by atoms with Crippen molar-refractivity contribution in [2.24, 2.45) is 0 Å². The van der Waals surface area contributed by atoms with Crippen LogP contribution in [0.1, 0.15) is 10.5 Å². The fourth-order valence-corrected chi connectivity index (χ4v) is 2.05. The Balaban J connectivity index is 2.38. The number of nitrogens with one attached hydrogen (secondary N) is 1. The molecule has 0 bridgehead atoms. The van der Waals surface area contributed by atoms with E-state index in [1.807, 2.05) is 42.5 Å². The maximum Gasteiger partial charge on any atom is 0.166 e. The van der Waals surface area contributed by atoms with Gasteiger partial charge in [0.25, 0.3) is 0 Å². The lowest BCUT2D eigenvalue weighted by molar-refractivity contribution is 0.112. The number of aldehydes is 1. The molecule has 0 atom stereocenters. The highest BCUT2D eigenvalue weighted by molar-refractivity contribution is 6.02. The van der Waals surface area contributed by atoms with E-state index >= 15 is 0 Å². The zero-order valence-electron chi connectivity index (χ0n) is 9.05. The molecule has 2 heterocycles. The molecule has 0 aliphatic rings. The standard InChI is InChI=1S/C14H10N2O/c17-9-12-13(10-5-2-1-3-6-10)11-7-4-8-15-14(11)16-12/h1-9H,(H,15,16). The van der Waals surface area contributed by atoms with E-state index in [1.54, 1.807) is 6.20 Å². The number of carbonyl (C=O) groups excluding carboxylic acids is 1. The van der Waals surface area contributed by atoms with Crippen LogP contribution in [0.2, 0.25) is 0 Å². The molecular formula is C14H10N2O. The number of benzene rings is 1. The first-order valence-corrected chi connectivity index (χ1v) is 5.37. The fraction of sp³-hybridized carbons (Fsp3) is 0. The third-order valence-electron chi connectivity index (χ3n) is 2.78. The number of aromatic nitrogens is 2. The molecule has 1 aromatic carbocycles. The van der Waals surface area contributed by atoms with Crippen LogP contribution in [-0.2, 0) is 0 Å². The number of hydrogen-bond donors (Lipinski definition) is 1. The third-order valence-corrected chi connectivity index (χ3v) is 2.78. The van der Waals surface area contributed by atoms with E-state index in [0.29, 0.717) is 5.69 Å². The fourth-order valence-electron chi connectivity index (χ4n) is 2.05. The van der Waals surface area contributed by atoms with Gasteiger partial charge in [0, 0.05) is 17.1 Å². The van der Waals surface area contributed by atoms with Crippen LogP contribution in [0.4, 0.5) is 0 Å². The second kappa shape index (κ2) is 3.87. The number of nitrogens with zero attached hydrogens (tertiary/aromatic N) is 1. The summed E-state index contributed by atoms with van der Waals surface area (Å²) in [5.41, 5.74) is 3.26. The van der Waals surface area contributed by atoms with Crippen molar-refractivity contribution >= 4 is 17.3 Å². The lowest BCUT2D eigenvalue weighted by Gasteiger charge is -1.99. The largest absolute Gasteiger partial charge is 0.337 e. The second-order valence-corrected chi connectivity index (χ2v) is 3.80. The Hall–Kier alpha value is -2.42. The van der Waals surface area contributed by atoms with Crippen LogP contribution in [0, 0.1) is 0 Å². The number of rotatable bonds is 2. The maximum absolute atomic E-state index is 11.1. The molecule has 0 unspecified atom stereocenters. The summed E-state index contributed by atoms with van der Waals surface area (Å²) in [4.78, 5) is 18.4. The summed E-state index contributed by atoms with van der Waals surface area (Å²) < 4.78 is 0. The smallest absolute Gasteiger partial charge is 0.166 e. The van der Waals surface area contributed by atoms with E-state index in [0.717, 1.165) is 28.4 Å². The van der Waals surface area contributed by atoms with Gasteiger partial charge in [-0.15, -0.1) is 0 Å². The van der Waals surface area contributed by atoms with Crippen molar-refractivity contribution < 1.29 is 4.79 Å². The van der Waals surface area contributed by atoms with Crippen molar-refractivity contribution in [3.63, 3.8) is 0 Å². The topological polar surface area (TPSA) is 45.8 Å². The SMILES string of the molecule is O=Cc1[nH]c2ncccc2c1-c1ccccc1. The van der Waals surface area contributed by atoms with E-state index in [4.69, 9.17) is 0 Å². The van der Waals surface area contributed by atoms with Crippen LogP contribution in [0.25, 0.3) is 22.2 Å². The number of pyridine rings is 1. The minimum Gasteiger partial charge on any atom is -0.337 e. The monoisotopic (exact) mass is 222 g/mol. The molecule has 82 valence electrons. The van der Waals surface area contributed by atoms with Crippen molar-refractivity contribution in [2.75, 3.05) is 0 Å². The number of H-pyrrole nitrogens is 1. The number of carbonyl (C=O) groups is 1. The normalized spacial score (nSPS) is 10.6. The van der Waals surface area contributed by atoms with Crippen molar-refractivity contribution in [2.45, 2.75) is 0 Å². The van der Waals surface area contributed by atoms with Gasteiger partial charge in [-0.1, -0.05) is 30.3 Å². The van der Waals surface area contributed by atoms with Gasteiger partial charge in [-0.05, 0) is 17.7 Å². The van der Waals surface area contributed by atoms with E-state index in [2.05, 4.69) is 9.97 Å². The van der Waals surface area contributed by atoms with Gasteiger partial charge in [0.1, 0.15) is 5.65 Å². The summed E-state index contributed by atoms with van der Waals surface area (Å²) in [6.45, 7) is 0. The van der Waals surface area contributed by atoms with Crippen molar-refractivity contribution in [3.05, 3.63) is 54.4 Å². The first-order chi connectivity index (χ1) is 8.40. The van der Waals surface area contributed by atoms with E-state index < -0.39 is 0 Å². The highest BCUT2D eigenvalue weighted by Crippen LogP contribution is 2.30. The average molecular weight is 222 g/mol. The zero-order chi connectivity index (χ0) is 11.7. The Morgan fingerprint density at radius 1 is 1.06 bits per heavy atom. The number of fused-ring (bicyclic) bond motifs is 1. The molecule has 0 spiro atoms. The molecule has 0 saturated heterocycles. The summed E-state index contributed by atoms with van der Waals surface area (Å²) >= 11 is 0. The molecule has 0 amide bonds. The van der Waals surface area contributed by atoms with Gasteiger partial charge >= 0.3 is 0 Å². The molecule has 0 saturated carbocycles.